The first-order valence-corrected chi connectivity index (χ1v) is 10.2. The van der Waals surface area contributed by atoms with Crippen molar-refractivity contribution in [1.82, 2.24) is 4.98 Å². The summed E-state index contributed by atoms with van der Waals surface area (Å²) in [5.41, 5.74) is 3.69. The van der Waals surface area contributed by atoms with E-state index in [1.807, 2.05) is 43.5 Å². The highest BCUT2D eigenvalue weighted by molar-refractivity contribution is 7.13. The lowest BCUT2D eigenvalue weighted by Crippen LogP contribution is -2.36. The number of carbonyl (C=O) groups is 1. The minimum atomic E-state index is -0.101. The highest BCUT2D eigenvalue weighted by Gasteiger charge is 2.17. The summed E-state index contributed by atoms with van der Waals surface area (Å²) in [7, 11) is 0. The summed E-state index contributed by atoms with van der Waals surface area (Å²) in [5.74, 6) is 1.15. The highest BCUT2D eigenvalue weighted by atomic mass is 32.1. The summed E-state index contributed by atoms with van der Waals surface area (Å²) >= 11 is 1.57. The number of carbonyl (C=O) groups excluding carboxylic acids is 1. The smallest absolute Gasteiger partial charge is 0.236 e. The minimum Gasteiger partial charge on any atom is -0.440 e. The van der Waals surface area contributed by atoms with Crippen molar-refractivity contribution in [3.8, 4) is 10.8 Å². The molecule has 1 saturated heterocycles. The van der Waals surface area contributed by atoms with Crippen LogP contribution in [0.2, 0.25) is 0 Å². The molecule has 146 valence electrons. The zero-order valence-electron chi connectivity index (χ0n) is 16.0. The number of aromatic nitrogens is 1. The van der Waals surface area contributed by atoms with E-state index in [4.69, 9.17) is 9.15 Å². The van der Waals surface area contributed by atoms with Crippen molar-refractivity contribution in [2.24, 2.45) is 0 Å². The van der Waals surface area contributed by atoms with E-state index in [0.29, 0.717) is 17.3 Å². The number of nitrogens with zero attached hydrogens (tertiary/aromatic N) is 2. The van der Waals surface area contributed by atoms with Crippen molar-refractivity contribution in [3.63, 3.8) is 0 Å². The van der Waals surface area contributed by atoms with Gasteiger partial charge in [-0.1, -0.05) is 6.07 Å². The van der Waals surface area contributed by atoms with Gasteiger partial charge in [0.15, 0.2) is 0 Å². The van der Waals surface area contributed by atoms with E-state index in [9.17, 15) is 4.79 Å². The molecule has 1 amide bonds. The van der Waals surface area contributed by atoms with E-state index in [0.717, 1.165) is 48.1 Å². The molecule has 0 unspecified atom stereocenters. The second kappa shape index (κ2) is 8.16. The fraction of sp³-hybridized carbons (Fsp3) is 0.333. The average Bonchev–Trinajstić information content (AvgIpc) is 3.34. The molecule has 1 N–H and O–H groups in total. The standard InChI is InChI=1S/C21H23N3O3S/c1-14-12-16(24-7-9-26-10-8-24)5-6-17(14)22-20(25)13-18-15(2)27-21(23-18)19-4-3-11-28-19/h3-6,11-12H,7-10,13H2,1-2H3,(H,22,25). The molecule has 0 atom stereocenters. The molecule has 3 heterocycles. The van der Waals surface area contributed by atoms with E-state index in [1.54, 1.807) is 11.3 Å². The maximum absolute atomic E-state index is 12.6. The Morgan fingerprint density at radius 3 is 2.79 bits per heavy atom. The Labute approximate surface area is 168 Å². The van der Waals surface area contributed by atoms with Gasteiger partial charge < -0.3 is 19.4 Å². The van der Waals surface area contributed by atoms with Crippen LogP contribution in [0.15, 0.2) is 40.1 Å². The first-order valence-electron chi connectivity index (χ1n) is 9.33. The molecule has 7 heteroatoms. The summed E-state index contributed by atoms with van der Waals surface area (Å²) in [5, 5.41) is 4.98. The summed E-state index contributed by atoms with van der Waals surface area (Å²) < 4.78 is 11.1. The Morgan fingerprint density at radius 1 is 1.25 bits per heavy atom. The van der Waals surface area contributed by atoms with Gasteiger partial charge in [-0.15, -0.1) is 11.3 Å². The Balaban J connectivity index is 1.42. The Kier molecular flexibility index (Phi) is 5.45. The molecule has 1 aliphatic rings. The molecular formula is C21H23N3O3S. The molecule has 0 aliphatic carbocycles. The van der Waals surface area contributed by atoms with Crippen LogP contribution >= 0.6 is 11.3 Å². The third-order valence-corrected chi connectivity index (χ3v) is 5.67. The van der Waals surface area contributed by atoms with Gasteiger partial charge in [-0.3, -0.25) is 4.79 Å². The van der Waals surface area contributed by atoms with Gasteiger partial charge in [0.2, 0.25) is 11.8 Å². The monoisotopic (exact) mass is 397 g/mol. The van der Waals surface area contributed by atoms with E-state index in [-0.39, 0.29) is 12.3 Å². The van der Waals surface area contributed by atoms with Crippen molar-refractivity contribution in [2.75, 3.05) is 36.5 Å². The molecule has 0 spiro atoms. The van der Waals surface area contributed by atoms with E-state index in [2.05, 4.69) is 21.3 Å². The van der Waals surface area contributed by atoms with Gasteiger partial charge >= 0.3 is 0 Å². The van der Waals surface area contributed by atoms with Crippen LogP contribution in [0.4, 0.5) is 11.4 Å². The van der Waals surface area contributed by atoms with Gasteiger partial charge in [-0.05, 0) is 49.1 Å². The topological polar surface area (TPSA) is 67.6 Å². The van der Waals surface area contributed by atoms with Crippen LogP contribution in [0.25, 0.3) is 10.8 Å². The van der Waals surface area contributed by atoms with Crippen LogP contribution < -0.4 is 10.2 Å². The van der Waals surface area contributed by atoms with Crippen LogP contribution in [0.5, 0.6) is 0 Å². The number of nitrogens with one attached hydrogen (secondary N) is 1. The molecule has 0 saturated carbocycles. The summed E-state index contributed by atoms with van der Waals surface area (Å²) in [6.07, 6.45) is 0.186. The highest BCUT2D eigenvalue weighted by Crippen LogP contribution is 2.27. The number of morpholine rings is 1. The Hall–Kier alpha value is -2.64. The van der Waals surface area contributed by atoms with Crippen molar-refractivity contribution >= 4 is 28.6 Å². The number of ether oxygens (including phenoxy) is 1. The number of aryl methyl sites for hydroxylation is 2. The third kappa shape index (κ3) is 4.10. The number of hydrogen-bond donors (Lipinski definition) is 1. The van der Waals surface area contributed by atoms with Crippen molar-refractivity contribution in [1.29, 1.82) is 0 Å². The molecule has 6 nitrogen and oxygen atoms in total. The lowest BCUT2D eigenvalue weighted by Gasteiger charge is -2.29. The number of hydrogen-bond acceptors (Lipinski definition) is 6. The van der Waals surface area contributed by atoms with Gasteiger partial charge in [-0.2, -0.15) is 0 Å². The number of anilines is 2. The lowest BCUT2D eigenvalue weighted by molar-refractivity contribution is -0.115. The zero-order chi connectivity index (χ0) is 19.5. The fourth-order valence-corrected chi connectivity index (χ4v) is 3.90. The molecule has 0 bridgehead atoms. The molecule has 1 aromatic carbocycles. The van der Waals surface area contributed by atoms with E-state index < -0.39 is 0 Å². The summed E-state index contributed by atoms with van der Waals surface area (Å²) in [6, 6.07) is 10.0. The summed E-state index contributed by atoms with van der Waals surface area (Å²) in [6.45, 7) is 7.14. The van der Waals surface area contributed by atoms with Crippen LogP contribution in [-0.2, 0) is 16.0 Å². The number of benzene rings is 1. The van der Waals surface area contributed by atoms with Gasteiger partial charge in [-0.25, -0.2) is 4.98 Å². The molecule has 1 fully saturated rings. The maximum atomic E-state index is 12.6. The quantitative estimate of drug-likeness (QED) is 0.704. The maximum Gasteiger partial charge on any atom is 0.236 e. The second-order valence-electron chi connectivity index (χ2n) is 6.82. The van der Waals surface area contributed by atoms with Gasteiger partial charge in [0.1, 0.15) is 5.76 Å². The number of rotatable bonds is 5. The van der Waals surface area contributed by atoms with Gasteiger partial charge in [0.25, 0.3) is 0 Å². The lowest BCUT2D eigenvalue weighted by atomic mass is 10.1. The Bertz CT molecular complexity index is 959. The fourth-order valence-electron chi connectivity index (χ4n) is 3.25. The van der Waals surface area contributed by atoms with Gasteiger partial charge in [0.05, 0.1) is 30.2 Å². The molecule has 1 aliphatic heterocycles. The average molecular weight is 398 g/mol. The van der Waals surface area contributed by atoms with Crippen LogP contribution in [0.1, 0.15) is 17.0 Å². The van der Waals surface area contributed by atoms with Crippen LogP contribution in [0.3, 0.4) is 0 Å². The van der Waals surface area contributed by atoms with Crippen LogP contribution in [0, 0.1) is 13.8 Å². The Morgan fingerprint density at radius 2 is 2.07 bits per heavy atom. The van der Waals surface area contributed by atoms with E-state index in [1.165, 1.54) is 0 Å². The SMILES string of the molecule is Cc1cc(N2CCOCC2)ccc1NC(=O)Cc1nc(-c2cccs2)oc1C. The number of oxazole rings is 1. The van der Waals surface area contributed by atoms with Crippen molar-refractivity contribution in [2.45, 2.75) is 20.3 Å². The first-order chi connectivity index (χ1) is 13.6. The van der Waals surface area contributed by atoms with Gasteiger partial charge in [0, 0.05) is 24.5 Å². The predicted molar refractivity (Wildman–Crippen MR) is 111 cm³/mol. The molecule has 4 rings (SSSR count). The molecule has 2 aromatic heterocycles. The normalized spacial score (nSPS) is 14.3. The third-order valence-electron chi connectivity index (χ3n) is 4.81. The van der Waals surface area contributed by atoms with E-state index >= 15 is 0 Å². The van der Waals surface area contributed by atoms with Crippen molar-refractivity contribution < 1.29 is 13.9 Å². The molecule has 0 radical (unpaired) electrons. The zero-order valence-corrected chi connectivity index (χ0v) is 16.8. The van der Waals surface area contributed by atoms with Crippen molar-refractivity contribution in [3.05, 3.63) is 52.7 Å². The first kappa shape index (κ1) is 18.7. The number of amides is 1. The largest absolute Gasteiger partial charge is 0.440 e. The molecular weight excluding hydrogens is 374 g/mol. The van der Waals surface area contributed by atoms with Crippen LogP contribution in [-0.4, -0.2) is 37.2 Å². The molecule has 28 heavy (non-hydrogen) atoms. The molecule has 3 aromatic rings. The summed E-state index contributed by atoms with van der Waals surface area (Å²) in [4.78, 5) is 20.3. The number of thiophene rings is 1. The predicted octanol–water partition coefficient (Wildman–Crippen LogP) is 4.04. The minimum absolute atomic E-state index is 0.101. The second-order valence-corrected chi connectivity index (χ2v) is 7.77.